The van der Waals surface area contributed by atoms with Gasteiger partial charge in [-0.25, -0.2) is 4.79 Å². The Morgan fingerprint density at radius 2 is 1.88 bits per heavy atom. The molecule has 1 aliphatic rings. The van der Waals surface area contributed by atoms with Crippen LogP contribution in [-0.4, -0.2) is 27.4 Å². The molecule has 0 fully saturated rings. The highest BCUT2D eigenvalue weighted by Crippen LogP contribution is 2.27. The number of benzene rings is 2. The van der Waals surface area contributed by atoms with Gasteiger partial charge in [0.1, 0.15) is 0 Å². The highest BCUT2D eigenvalue weighted by atomic mass is 16.4. The lowest BCUT2D eigenvalue weighted by atomic mass is 9.85. The van der Waals surface area contributed by atoms with Crippen LogP contribution in [0.5, 0.6) is 0 Å². The summed E-state index contributed by atoms with van der Waals surface area (Å²) in [4.78, 5) is 24.7. The van der Waals surface area contributed by atoms with E-state index in [1.807, 2.05) is 42.6 Å². The van der Waals surface area contributed by atoms with Gasteiger partial charge in [-0.15, -0.1) is 0 Å². The largest absolute Gasteiger partial charge is 0.478 e. The molecule has 1 atom stereocenters. The summed E-state index contributed by atoms with van der Waals surface area (Å²) in [6.45, 7) is 2.91. The molecule has 2 N–H and O–H groups in total. The van der Waals surface area contributed by atoms with Crippen molar-refractivity contribution in [3.63, 3.8) is 0 Å². The standard InChI is InChI=1S/C28H31NO4/c1-2-3-6-22-17-29(26-14-11-20(18-30)15-25(26)27(22)31)16-19-9-12-21(13-10-19)23-7-4-5-8-24(23)28(32)33/h4-5,7-10,12-13,17,20,30H,2-3,6,11,14-16,18H2,1H3,(H,32,33). The van der Waals surface area contributed by atoms with Crippen molar-refractivity contribution in [2.45, 2.75) is 52.0 Å². The van der Waals surface area contributed by atoms with Gasteiger partial charge in [0.05, 0.1) is 5.56 Å². The van der Waals surface area contributed by atoms with Crippen molar-refractivity contribution < 1.29 is 15.0 Å². The lowest BCUT2D eigenvalue weighted by Gasteiger charge is -2.27. The van der Waals surface area contributed by atoms with Gasteiger partial charge in [-0.1, -0.05) is 55.8 Å². The second-order valence-electron chi connectivity index (χ2n) is 8.98. The third-order valence-corrected chi connectivity index (χ3v) is 6.69. The molecule has 33 heavy (non-hydrogen) atoms. The van der Waals surface area contributed by atoms with E-state index in [1.165, 1.54) is 0 Å². The zero-order chi connectivity index (χ0) is 23.4. The van der Waals surface area contributed by atoms with Crippen molar-refractivity contribution in [1.29, 1.82) is 0 Å². The molecular formula is C28H31NO4. The molecule has 0 spiro atoms. The molecule has 0 radical (unpaired) electrons. The number of aromatic nitrogens is 1. The maximum atomic E-state index is 13.1. The first-order valence-electron chi connectivity index (χ1n) is 11.8. The number of pyridine rings is 1. The number of aryl methyl sites for hydroxylation is 1. The zero-order valence-corrected chi connectivity index (χ0v) is 19.1. The number of carboxylic acids is 1. The van der Waals surface area contributed by atoms with Gasteiger partial charge >= 0.3 is 5.97 Å². The van der Waals surface area contributed by atoms with Crippen molar-refractivity contribution in [2.24, 2.45) is 5.92 Å². The number of hydrogen-bond donors (Lipinski definition) is 2. The van der Waals surface area contributed by atoms with E-state index in [0.29, 0.717) is 24.1 Å². The van der Waals surface area contributed by atoms with Crippen LogP contribution >= 0.6 is 0 Å². The van der Waals surface area contributed by atoms with E-state index in [2.05, 4.69) is 11.5 Å². The van der Waals surface area contributed by atoms with Gasteiger partial charge in [0, 0.05) is 36.2 Å². The molecular weight excluding hydrogens is 414 g/mol. The van der Waals surface area contributed by atoms with Gasteiger partial charge in [-0.3, -0.25) is 4.79 Å². The van der Waals surface area contributed by atoms with E-state index >= 15 is 0 Å². The normalized spacial score (nSPS) is 15.3. The molecule has 2 aromatic carbocycles. The zero-order valence-electron chi connectivity index (χ0n) is 19.1. The van der Waals surface area contributed by atoms with Crippen LogP contribution in [0.1, 0.15) is 58.9 Å². The highest BCUT2D eigenvalue weighted by molar-refractivity contribution is 5.95. The van der Waals surface area contributed by atoms with Gasteiger partial charge in [0.25, 0.3) is 0 Å². The van der Waals surface area contributed by atoms with Gasteiger partial charge in [0.15, 0.2) is 5.43 Å². The molecule has 1 aliphatic carbocycles. The maximum absolute atomic E-state index is 13.1. The van der Waals surface area contributed by atoms with Crippen molar-refractivity contribution in [2.75, 3.05) is 6.61 Å². The Morgan fingerprint density at radius 1 is 1.12 bits per heavy atom. The number of aliphatic hydroxyl groups excluding tert-OH is 1. The average Bonchev–Trinajstić information content (AvgIpc) is 2.85. The molecule has 5 nitrogen and oxygen atoms in total. The first-order chi connectivity index (χ1) is 16.0. The third-order valence-electron chi connectivity index (χ3n) is 6.69. The highest BCUT2D eigenvalue weighted by Gasteiger charge is 2.24. The van der Waals surface area contributed by atoms with Crippen LogP contribution in [0, 0.1) is 5.92 Å². The van der Waals surface area contributed by atoms with Crippen LogP contribution in [0.3, 0.4) is 0 Å². The fourth-order valence-corrected chi connectivity index (χ4v) is 4.81. The van der Waals surface area contributed by atoms with Gasteiger partial charge in [-0.2, -0.15) is 0 Å². The fourth-order valence-electron chi connectivity index (χ4n) is 4.81. The van der Waals surface area contributed by atoms with Crippen molar-refractivity contribution in [3.05, 3.63) is 92.9 Å². The van der Waals surface area contributed by atoms with Crippen LogP contribution in [0.2, 0.25) is 0 Å². The molecule has 4 rings (SSSR count). The first-order valence-corrected chi connectivity index (χ1v) is 11.8. The SMILES string of the molecule is CCCCc1cn(Cc2ccc(-c3ccccc3C(=O)O)cc2)c2c(c1=O)CC(CO)CC2. The molecule has 0 amide bonds. The Morgan fingerprint density at radius 3 is 2.58 bits per heavy atom. The van der Waals surface area contributed by atoms with Crippen LogP contribution < -0.4 is 5.43 Å². The quantitative estimate of drug-likeness (QED) is 0.527. The Labute approximate surface area is 194 Å². The molecule has 3 aromatic rings. The summed E-state index contributed by atoms with van der Waals surface area (Å²) < 4.78 is 2.22. The molecule has 1 heterocycles. The minimum absolute atomic E-state index is 0.122. The number of aliphatic hydroxyl groups is 1. The number of fused-ring (bicyclic) bond motifs is 1. The number of nitrogens with zero attached hydrogens (tertiary/aromatic N) is 1. The monoisotopic (exact) mass is 445 g/mol. The summed E-state index contributed by atoms with van der Waals surface area (Å²) in [5, 5.41) is 19.1. The molecule has 1 unspecified atom stereocenters. The van der Waals surface area contributed by atoms with Gasteiger partial charge in [0.2, 0.25) is 0 Å². The summed E-state index contributed by atoms with van der Waals surface area (Å²) in [6.07, 6.45) is 7.16. The second-order valence-corrected chi connectivity index (χ2v) is 8.98. The Balaban J connectivity index is 1.66. The summed E-state index contributed by atoms with van der Waals surface area (Å²) in [6, 6.07) is 15.0. The van der Waals surface area contributed by atoms with Crippen molar-refractivity contribution >= 4 is 5.97 Å². The number of carbonyl (C=O) groups is 1. The van der Waals surface area contributed by atoms with Crippen LogP contribution in [0.25, 0.3) is 11.1 Å². The first kappa shape index (κ1) is 23.0. The third kappa shape index (κ3) is 4.93. The number of aromatic carboxylic acids is 1. The smallest absolute Gasteiger partial charge is 0.336 e. The molecule has 1 aromatic heterocycles. The fraction of sp³-hybridized carbons (Fsp3) is 0.357. The molecule has 0 saturated heterocycles. The minimum atomic E-state index is -0.935. The molecule has 172 valence electrons. The van der Waals surface area contributed by atoms with Gasteiger partial charge in [-0.05, 0) is 60.8 Å². The second kappa shape index (κ2) is 10.2. The van der Waals surface area contributed by atoms with Gasteiger partial charge < -0.3 is 14.8 Å². The predicted octanol–water partition coefficient (Wildman–Crippen LogP) is 4.70. The van der Waals surface area contributed by atoms with E-state index in [-0.39, 0.29) is 18.0 Å². The average molecular weight is 446 g/mol. The Bertz CT molecular complexity index is 1190. The van der Waals surface area contributed by atoms with Crippen LogP contribution in [0.15, 0.2) is 59.5 Å². The lowest BCUT2D eigenvalue weighted by molar-refractivity contribution is 0.0697. The van der Waals surface area contributed by atoms with Crippen LogP contribution in [0.4, 0.5) is 0 Å². The predicted molar refractivity (Wildman–Crippen MR) is 130 cm³/mol. The van der Waals surface area contributed by atoms with Crippen molar-refractivity contribution in [1.82, 2.24) is 4.57 Å². The number of carboxylic acid groups (broad SMARTS) is 1. The number of rotatable bonds is 8. The van der Waals surface area contributed by atoms with E-state index in [1.54, 1.807) is 12.1 Å². The number of unbranched alkanes of at least 4 members (excludes halogenated alkanes) is 1. The summed E-state index contributed by atoms with van der Waals surface area (Å²) >= 11 is 0. The topological polar surface area (TPSA) is 79.5 Å². The van der Waals surface area contributed by atoms with E-state index < -0.39 is 5.97 Å². The van der Waals surface area contributed by atoms with E-state index in [0.717, 1.165) is 60.1 Å². The molecule has 5 heteroatoms. The minimum Gasteiger partial charge on any atom is -0.478 e. The molecule has 0 bridgehead atoms. The summed E-state index contributed by atoms with van der Waals surface area (Å²) in [7, 11) is 0. The lowest BCUT2D eigenvalue weighted by Crippen LogP contribution is -2.30. The Hall–Kier alpha value is -3.18. The molecule has 0 aliphatic heterocycles. The number of hydrogen-bond acceptors (Lipinski definition) is 3. The van der Waals surface area contributed by atoms with Crippen molar-refractivity contribution in [3.8, 4) is 11.1 Å². The maximum Gasteiger partial charge on any atom is 0.336 e. The van der Waals surface area contributed by atoms with E-state index in [9.17, 15) is 19.8 Å². The summed E-state index contributed by atoms with van der Waals surface area (Å²) in [5.41, 5.74) is 5.95. The van der Waals surface area contributed by atoms with E-state index in [4.69, 9.17) is 0 Å². The Kier molecular flexibility index (Phi) is 7.09. The molecule has 0 saturated carbocycles. The van der Waals surface area contributed by atoms with Crippen LogP contribution in [-0.2, 0) is 25.8 Å². The summed E-state index contributed by atoms with van der Waals surface area (Å²) in [5.74, 6) is -0.774.